The number of hydrogen-bond acceptors (Lipinski definition) is 3. The van der Waals surface area contributed by atoms with Crippen LogP contribution in [0.1, 0.15) is 52.0 Å². The van der Waals surface area contributed by atoms with E-state index in [0.29, 0.717) is 18.2 Å². The van der Waals surface area contributed by atoms with Crippen molar-refractivity contribution >= 4 is 21.6 Å². The molecular formula is C19H32N2O3S. The lowest BCUT2D eigenvalue weighted by Crippen LogP contribution is -2.41. The molecule has 0 unspecified atom stereocenters. The van der Waals surface area contributed by atoms with Crippen LogP contribution in [0.4, 0.5) is 5.69 Å². The topological polar surface area (TPSA) is 66.5 Å². The van der Waals surface area contributed by atoms with Crippen LogP contribution in [0.15, 0.2) is 24.3 Å². The minimum atomic E-state index is -3.52. The molecule has 0 bridgehead atoms. The lowest BCUT2D eigenvalue weighted by atomic mass is 9.99. The predicted octanol–water partition coefficient (Wildman–Crippen LogP) is 3.35. The van der Waals surface area contributed by atoms with Crippen LogP contribution in [0.2, 0.25) is 0 Å². The second kappa shape index (κ2) is 10.4. The van der Waals surface area contributed by atoms with Gasteiger partial charge in [0, 0.05) is 6.54 Å². The normalized spacial score (nSPS) is 12.6. The summed E-state index contributed by atoms with van der Waals surface area (Å²) in [6.07, 6.45) is 6.39. The quantitative estimate of drug-likeness (QED) is 0.651. The Kier molecular flexibility index (Phi) is 8.97. The van der Waals surface area contributed by atoms with E-state index in [4.69, 9.17) is 0 Å². The van der Waals surface area contributed by atoms with Gasteiger partial charge in [0.1, 0.15) is 6.54 Å². The lowest BCUT2D eigenvalue weighted by Gasteiger charge is -2.23. The van der Waals surface area contributed by atoms with Crippen molar-refractivity contribution in [3.8, 4) is 0 Å². The Morgan fingerprint density at radius 1 is 1.16 bits per heavy atom. The average molecular weight is 369 g/mol. The number of benzene rings is 1. The van der Waals surface area contributed by atoms with Crippen molar-refractivity contribution in [2.24, 2.45) is 5.92 Å². The number of hydrogen-bond donors (Lipinski definition) is 1. The van der Waals surface area contributed by atoms with E-state index < -0.39 is 10.0 Å². The van der Waals surface area contributed by atoms with Crippen LogP contribution in [0.5, 0.6) is 0 Å². The molecule has 5 nitrogen and oxygen atoms in total. The number of nitrogens with one attached hydrogen (secondary N) is 1. The third-order valence-corrected chi connectivity index (χ3v) is 5.59. The third kappa shape index (κ3) is 7.46. The number of sulfonamides is 1. The zero-order valence-electron chi connectivity index (χ0n) is 15.9. The van der Waals surface area contributed by atoms with Crippen molar-refractivity contribution in [2.75, 3.05) is 23.7 Å². The van der Waals surface area contributed by atoms with Gasteiger partial charge in [-0.25, -0.2) is 8.42 Å². The summed E-state index contributed by atoms with van der Waals surface area (Å²) in [5.41, 5.74) is 1.65. The van der Waals surface area contributed by atoms with E-state index in [9.17, 15) is 13.2 Å². The molecule has 0 aromatic heterocycles. The van der Waals surface area contributed by atoms with Crippen LogP contribution in [-0.2, 0) is 21.2 Å². The molecule has 0 aliphatic heterocycles. The van der Waals surface area contributed by atoms with E-state index in [1.807, 2.05) is 19.1 Å². The second-order valence-corrected chi connectivity index (χ2v) is 8.42. The maximum absolute atomic E-state index is 12.3. The van der Waals surface area contributed by atoms with Crippen molar-refractivity contribution in [3.63, 3.8) is 0 Å². The Labute approximate surface area is 152 Å². The van der Waals surface area contributed by atoms with Gasteiger partial charge in [0.05, 0.1) is 11.9 Å². The Morgan fingerprint density at radius 3 is 2.28 bits per heavy atom. The van der Waals surface area contributed by atoms with Crippen molar-refractivity contribution in [2.45, 2.75) is 52.9 Å². The number of amides is 1. The first kappa shape index (κ1) is 21.5. The summed E-state index contributed by atoms with van der Waals surface area (Å²) < 4.78 is 25.4. The van der Waals surface area contributed by atoms with E-state index >= 15 is 0 Å². The number of aryl methyl sites for hydroxylation is 1. The van der Waals surface area contributed by atoms with Crippen LogP contribution in [0.25, 0.3) is 0 Å². The van der Waals surface area contributed by atoms with Crippen molar-refractivity contribution in [1.29, 1.82) is 0 Å². The van der Waals surface area contributed by atoms with E-state index in [-0.39, 0.29) is 12.5 Å². The van der Waals surface area contributed by atoms with Gasteiger partial charge in [-0.2, -0.15) is 0 Å². The van der Waals surface area contributed by atoms with Gasteiger partial charge in [0.25, 0.3) is 0 Å². The van der Waals surface area contributed by atoms with Gasteiger partial charge in [-0.15, -0.1) is 0 Å². The summed E-state index contributed by atoms with van der Waals surface area (Å²) in [7, 11) is -3.52. The number of carbonyl (C=O) groups excluding carboxylic acids is 1. The molecule has 6 heteroatoms. The fourth-order valence-corrected chi connectivity index (χ4v) is 3.54. The summed E-state index contributed by atoms with van der Waals surface area (Å²) in [5, 5.41) is 2.89. The maximum Gasteiger partial charge on any atom is 0.240 e. The summed E-state index contributed by atoms with van der Waals surface area (Å²) >= 11 is 0. The minimum absolute atomic E-state index is 0.186. The molecule has 1 N–H and O–H groups in total. The summed E-state index contributed by atoms with van der Waals surface area (Å²) in [5.74, 6) is 0.180. The highest BCUT2D eigenvalue weighted by Gasteiger charge is 2.21. The Bertz CT molecular complexity index is 627. The number of carbonyl (C=O) groups is 1. The van der Waals surface area contributed by atoms with Gasteiger partial charge in [-0.3, -0.25) is 9.10 Å². The van der Waals surface area contributed by atoms with Gasteiger partial charge < -0.3 is 5.32 Å². The van der Waals surface area contributed by atoms with E-state index in [1.54, 1.807) is 12.1 Å². The van der Waals surface area contributed by atoms with Crippen LogP contribution in [0.3, 0.4) is 0 Å². The van der Waals surface area contributed by atoms with Crippen molar-refractivity contribution in [1.82, 2.24) is 5.32 Å². The first-order valence-electron chi connectivity index (χ1n) is 9.15. The smallest absolute Gasteiger partial charge is 0.240 e. The molecule has 0 spiro atoms. The number of anilines is 1. The molecule has 1 aromatic carbocycles. The third-order valence-electron chi connectivity index (χ3n) is 4.45. The van der Waals surface area contributed by atoms with Crippen LogP contribution in [0, 0.1) is 5.92 Å². The monoisotopic (exact) mass is 368 g/mol. The number of rotatable bonds is 11. The summed E-state index contributed by atoms with van der Waals surface area (Å²) in [4.78, 5) is 12.3. The number of nitrogens with zero attached hydrogens (tertiary/aromatic N) is 1. The highest BCUT2D eigenvalue weighted by atomic mass is 32.2. The molecule has 0 fully saturated rings. The molecule has 1 rings (SSSR count). The second-order valence-electron chi connectivity index (χ2n) is 6.51. The van der Waals surface area contributed by atoms with Crippen LogP contribution >= 0.6 is 0 Å². The highest BCUT2D eigenvalue weighted by Crippen LogP contribution is 2.18. The molecule has 0 saturated carbocycles. The van der Waals surface area contributed by atoms with Crippen LogP contribution in [-0.4, -0.2) is 33.7 Å². The number of unbranched alkanes of at least 4 members (excludes halogenated alkanes) is 1. The predicted molar refractivity (Wildman–Crippen MR) is 104 cm³/mol. The maximum atomic E-state index is 12.3. The van der Waals surface area contributed by atoms with Gasteiger partial charge in [-0.05, 0) is 36.5 Å². The van der Waals surface area contributed by atoms with Crippen LogP contribution < -0.4 is 9.62 Å². The summed E-state index contributed by atoms with van der Waals surface area (Å²) in [6.45, 7) is 6.72. The SMILES string of the molecule is CCCC[C@H](CC)CNC(=O)CN(c1ccc(CC)cc1)S(C)(=O)=O. The zero-order valence-corrected chi connectivity index (χ0v) is 16.7. The van der Waals surface area contributed by atoms with Gasteiger partial charge in [-0.1, -0.05) is 52.2 Å². The van der Waals surface area contributed by atoms with E-state index in [0.717, 1.165) is 48.2 Å². The molecule has 0 radical (unpaired) electrons. The molecule has 25 heavy (non-hydrogen) atoms. The van der Waals surface area contributed by atoms with Gasteiger partial charge >= 0.3 is 0 Å². The van der Waals surface area contributed by atoms with Gasteiger partial charge in [0.2, 0.25) is 15.9 Å². The minimum Gasteiger partial charge on any atom is -0.354 e. The Balaban J connectivity index is 2.73. The molecule has 0 saturated heterocycles. The molecule has 142 valence electrons. The van der Waals surface area contributed by atoms with Crippen molar-refractivity contribution < 1.29 is 13.2 Å². The highest BCUT2D eigenvalue weighted by molar-refractivity contribution is 7.92. The largest absolute Gasteiger partial charge is 0.354 e. The Morgan fingerprint density at radius 2 is 1.80 bits per heavy atom. The first-order valence-corrected chi connectivity index (χ1v) is 11.0. The molecular weight excluding hydrogens is 336 g/mol. The molecule has 1 aromatic rings. The zero-order chi connectivity index (χ0) is 18.9. The van der Waals surface area contributed by atoms with Crippen molar-refractivity contribution in [3.05, 3.63) is 29.8 Å². The molecule has 1 atom stereocenters. The fraction of sp³-hybridized carbons (Fsp3) is 0.632. The standard InChI is InChI=1S/C19H32N2O3S/c1-5-8-9-17(7-3)14-20-19(22)15-21(25(4,23)24)18-12-10-16(6-2)11-13-18/h10-13,17H,5-9,14-15H2,1-4H3,(H,20,22)/t17-/m0/s1. The fourth-order valence-electron chi connectivity index (χ4n) is 2.69. The van der Waals surface area contributed by atoms with E-state index in [2.05, 4.69) is 19.2 Å². The van der Waals surface area contributed by atoms with E-state index in [1.165, 1.54) is 0 Å². The molecule has 0 aliphatic rings. The van der Waals surface area contributed by atoms with Gasteiger partial charge in [0.15, 0.2) is 0 Å². The Hall–Kier alpha value is -1.56. The molecule has 0 aliphatic carbocycles. The first-order chi connectivity index (χ1) is 11.8. The summed E-state index contributed by atoms with van der Waals surface area (Å²) in [6, 6.07) is 7.29. The lowest BCUT2D eigenvalue weighted by molar-refractivity contribution is -0.119. The average Bonchev–Trinajstić information content (AvgIpc) is 2.59. The molecule has 0 heterocycles. The molecule has 1 amide bonds.